The average molecular weight is 618 g/mol. The summed E-state index contributed by atoms with van der Waals surface area (Å²) in [5.41, 5.74) is 2.19. The van der Waals surface area contributed by atoms with E-state index in [0.717, 1.165) is 42.0 Å². The summed E-state index contributed by atoms with van der Waals surface area (Å²) >= 11 is 0. The fourth-order valence-corrected chi connectivity index (χ4v) is 6.94. The zero-order chi connectivity index (χ0) is 31.1. The van der Waals surface area contributed by atoms with E-state index >= 15 is 4.39 Å². The maximum Gasteiger partial charge on any atom is 0.255 e. The molecular formula is C33H36FN5O6. The highest BCUT2D eigenvalue weighted by atomic mass is 19.1. The van der Waals surface area contributed by atoms with Gasteiger partial charge in [0.15, 0.2) is 0 Å². The van der Waals surface area contributed by atoms with Gasteiger partial charge < -0.3 is 24.0 Å². The average Bonchev–Trinajstić information content (AvgIpc) is 3.56. The number of amides is 3. The summed E-state index contributed by atoms with van der Waals surface area (Å²) in [5.74, 6) is 0.264. The van der Waals surface area contributed by atoms with E-state index in [0.29, 0.717) is 56.0 Å². The first-order valence-corrected chi connectivity index (χ1v) is 15.4. The van der Waals surface area contributed by atoms with Crippen LogP contribution in [0.3, 0.4) is 0 Å². The minimum absolute atomic E-state index is 0.0907. The number of methoxy groups -OCH3 is 1. The highest BCUT2D eigenvalue weighted by molar-refractivity contribution is 6.05. The molecule has 2 aromatic carbocycles. The number of ether oxygens (including phenoxy) is 3. The molecule has 1 aromatic heterocycles. The summed E-state index contributed by atoms with van der Waals surface area (Å²) in [5, 5.41) is 3.66. The Labute approximate surface area is 260 Å². The zero-order valence-corrected chi connectivity index (χ0v) is 25.2. The Hall–Kier alpha value is -4.13. The Morgan fingerprint density at radius 1 is 1.09 bits per heavy atom. The molecule has 236 valence electrons. The number of pyridine rings is 1. The quantitative estimate of drug-likeness (QED) is 0.381. The lowest BCUT2D eigenvalue weighted by Crippen LogP contribution is -2.52. The van der Waals surface area contributed by atoms with Crippen molar-refractivity contribution in [1.82, 2.24) is 20.1 Å². The minimum Gasteiger partial charge on any atom is -0.489 e. The van der Waals surface area contributed by atoms with Gasteiger partial charge in [-0.25, -0.2) is 9.37 Å². The number of rotatable bonds is 8. The number of hydrogen-bond donors (Lipinski definition) is 1. The second-order valence-corrected chi connectivity index (χ2v) is 12.2. The number of halogens is 1. The molecule has 4 aliphatic heterocycles. The second-order valence-electron chi connectivity index (χ2n) is 12.2. The number of benzene rings is 2. The van der Waals surface area contributed by atoms with Gasteiger partial charge >= 0.3 is 0 Å². The Bertz CT molecular complexity index is 1650. The Morgan fingerprint density at radius 3 is 2.73 bits per heavy atom. The van der Waals surface area contributed by atoms with Crippen LogP contribution in [0.2, 0.25) is 0 Å². The number of carbonyl (C=O) groups excluding carboxylic acids is 3. The van der Waals surface area contributed by atoms with Crippen molar-refractivity contribution >= 4 is 34.3 Å². The zero-order valence-electron chi connectivity index (χ0n) is 25.2. The fraction of sp³-hybridized carbons (Fsp3) is 0.455. The largest absolute Gasteiger partial charge is 0.489 e. The van der Waals surface area contributed by atoms with Gasteiger partial charge in [-0.05, 0) is 53.9 Å². The molecule has 3 aromatic rings. The molecule has 3 amide bonds. The van der Waals surface area contributed by atoms with Crippen LogP contribution in [0.4, 0.5) is 10.2 Å². The first kappa shape index (κ1) is 29.6. The van der Waals surface area contributed by atoms with Crippen LogP contribution in [0.15, 0.2) is 42.6 Å². The van der Waals surface area contributed by atoms with Crippen LogP contribution in [0.25, 0.3) is 10.8 Å². The van der Waals surface area contributed by atoms with Crippen LogP contribution >= 0.6 is 0 Å². The van der Waals surface area contributed by atoms with E-state index in [1.807, 2.05) is 18.2 Å². The summed E-state index contributed by atoms with van der Waals surface area (Å²) in [7, 11) is 1.67. The van der Waals surface area contributed by atoms with Crippen molar-refractivity contribution in [3.8, 4) is 5.75 Å². The molecule has 0 spiro atoms. The molecule has 0 bridgehead atoms. The van der Waals surface area contributed by atoms with Crippen LogP contribution in [0, 0.1) is 11.7 Å². The van der Waals surface area contributed by atoms with Gasteiger partial charge in [0.25, 0.3) is 5.91 Å². The number of carbonyl (C=O) groups is 3. The van der Waals surface area contributed by atoms with E-state index in [9.17, 15) is 14.4 Å². The van der Waals surface area contributed by atoms with Crippen LogP contribution < -0.4 is 15.0 Å². The number of morpholine rings is 1. The van der Waals surface area contributed by atoms with Gasteiger partial charge in [-0.2, -0.15) is 0 Å². The summed E-state index contributed by atoms with van der Waals surface area (Å²) < 4.78 is 32.8. The van der Waals surface area contributed by atoms with E-state index in [-0.39, 0.29) is 42.6 Å². The molecule has 1 N–H and O–H groups in total. The van der Waals surface area contributed by atoms with Gasteiger partial charge in [0.2, 0.25) is 11.8 Å². The van der Waals surface area contributed by atoms with Gasteiger partial charge in [-0.3, -0.25) is 24.6 Å². The van der Waals surface area contributed by atoms with Gasteiger partial charge in [0, 0.05) is 81.2 Å². The first-order valence-electron chi connectivity index (χ1n) is 15.4. The number of hydrogen-bond acceptors (Lipinski definition) is 9. The maximum absolute atomic E-state index is 15.4. The normalized spacial score (nSPS) is 24.0. The second kappa shape index (κ2) is 12.3. The van der Waals surface area contributed by atoms with Crippen molar-refractivity contribution in [3.05, 3.63) is 65.1 Å². The van der Waals surface area contributed by atoms with Gasteiger partial charge in [0.1, 0.15) is 29.5 Å². The summed E-state index contributed by atoms with van der Waals surface area (Å²) in [6.45, 7) is 5.45. The van der Waals surface area contributed by atoms with Crippen LogP contribution in [0.1, 0.15) is 34.3 Å². The standard InChI is InChI=1S/C33H36FN5O6/c1-43-19-23-16-37(15-20-10-21-14-35-30(13-26(21)27(34)11-20)38-6-8-44-9-7-38)18-29(23)45-24-2-3-25-22(12-24)17-39(33(25)42)28-4-5-31(40)36-32(28)41/h2-3,10-14,23,28-29H,4-9,15-19H2,1H3,(H,36,40,41)/t23-,28-,29+/m0/s1. The van der Waals surface area contributed by atoms with Crippen LogP contribution in [0.5, 0.6) is 5.75 Å². The van der Waals surface area contributed by atoms with Crippen molar-refractivity contribution < 1.29 is 33.0 Å². The molecule has 0 radical (unpaired) electrons. The number of anilines is 1. The molecule has 7 rings (SSSR count). The van der Waals surface area contributed by atoms with E-state index in [1.54, 1.807) is 31.5 Å². The van der Waals surface area contributed by atoms with Crippen molar-refractivity contribution in [2.24, 2.45) is 5.92 Å². The third kappa shape index (κ3) is 5.97. The van der Waals surface area contributed by atoms with Gasteiger partial charge in [-0.15, -0.1) is 0 Å². The smallest absolute Gasteiger partial charge is 0.255 e. The van der Waals surface area contributed by atoms with Crippen molar-refractivity contribution in [2.45, 2.75) is 38.1 Å². The number of fused-ring (bicyclic) bond motifs is 2. The molecular weight excluding hydrogens is 581 g/mol. The molecule has 4 aliphatic rings. The highest BCUT2D eigenvalue weighted by Crippen LogP contribution is 2.33. The Kier molecular flexibility index (Phi) is 8.11. The lowest BCUT2D eigenvalue weighted by atomic mass is 10.0. The number of piperidine rings is 1. The molecule has 11 nitrogen and oxygen atoms in total. The third-order valence-electron chi connectivity index (χ3n) is 9.19. The topological polar surface area (TPSA) is 114 Å². The lowest BCUT2D eigenvalue weighted by Gasteiger charge is -2.29. The van der Waals surface area contributed by atoms with E-state index in [4.69, 9.17) is 14.2 Å². The predicted octanol–water partition coefficient (Wildman–Crippen LogP) is 2.50. The SMILES string of the molecule is COC[C@@H]1CN(Cc2cc(F)c3cc(N4CCOCC4)ncc3c2)C[C@H]1Oc1ccc2c(c1)CN([C@H]1CCC(=O)NC1=O)C2=O. The number of nitrogens with zero attached hydrogens (tertiary/aromatic N) is 4. The van der Waals surface area contributed by atoms with Crippen molar-refractivity contribution in [1.29, 1.82) is 0 Å². The van der Waals surface area contributed by atoms with E-state index in [2.05, 4.69) is 20.1 Å². The molecule has 12 heteroatoms. The van der Waals surface area contributed by atoms with E-state index in [1.165, 1.54) is 4.90 Å². The summed E-state index contributed by atoms with van der Waals surface area (Å²) in [6, 6.07) is 10.2. The first-order chi connectivity index (χ1) is 21.9. The van der Waals surface area contributed by atoms with E-state index < -0.39 is 11.9 Å². The van der Waals surface area contributed by atoms with Crippen molar-refractivity contribution in [3.63, 3.8) is 0 Å². The summed E-state index contributed by atoms with van der Waals surface area (Å²) in [6.07, 6.45) is 2.10. The molecule has 0 aliphatic carbocycles. The molecule has 0 unspecified atom stereocenters. The molecule has 3 fully saturated rings. The molecule has 5 heterocycles. The molecule has 3 saturated heterocycles. The Balaban J connectivity index is 1.03. The fourth-order valence-electron chi connectivity index (χ4n) is 6.94. The van der Waals surface area contributed by atoms with Gasteiger partial charge in [0.05, 0.1) is 19.8 Å². The number of imide groups is 1. The Morgan fingerprint density at radius 2 is 1.93 bits per heavy atom. The maximum atomic E-state index is 15.4. The molecule has 45 heavy (non-hydrogen) atoms. The van der Waals surface area contributed by atoms with Crippen LogP contribution in [-0.4, -0.2) is 97.8 Å². The van der Waals surface area contributed by atoms with Gasteiger partial charge in [-0.1, -0.05) is 0 Å². The van der Waals surface area contributed by atoms with Crippen LogP contribution in [-0.2, 0) is 32.2 Å². The molecule has 0 saturated carbocycles. The molecule has 3 atom stereocenters. The number of likely N-dealkylation sites (tertiary alicyclic amines) is 1. The minimum atomic E-state index is -0.663. The highest BCUT2D eigenvalue weighted by Gasteiger charge is 2.40. The monoisotopic (exact) mass is 617 g/mol. The lowest BCUT2D eigenvalue weighted by molar-refractivity contribution is -0.136. The van der Waals surface area contributed by atoms with Crippen molar-refractivity contribution in [2.75, 3.05) is 58.0 Å². The number of nitrogens with one attached hydrogen (secondary N) is 1. The summed E-state index contributed by atoms with van der Waals surface area (Å²) in [4.78, 5) is 47.6. The predicted molar refractivity (Wildman–Crippen MR) is 162 cm³/mol. The number of aromatic nitrogens is 1. The third-order valence-corrected chi connectivity index (χ3v) is 9.19.